The Hall–Kier alpha value is -1.04. The van der Waals surface area contributed by atoms with E-state index in [0.717, 1.165) is 6.08 Å². The van der Waals surface area contributed by atoms with E-state index < -0.39 is 18.8 Å². The Labute approximate surface area is 60.8 Å². The number of carbonyl (C=O) groups is 1. The fraction of sp³-hybridized carbons (Fsp3) is 0.400. The maximum absolute atomic E-state index is 10.6. The van der Waals surface area contributed by atoms with E-state index in [1.165, 1.54) is 0 Å². The molecule has 6 heteroatoms. The molecule has 0 saturated carbocycles. The molecule has 0 rings (SSSR count). The zero-order valence-electron chi connectivity index (χ0n) is 5.38. The van der Waals surface area contributed by atoms with E-state index in [4.69, 9.17) is 10.2 Å². The van der Waals surface area contributed by atoms with Crippen molar-refractivity contribution in [2.24, 2.45) is 0 Å². The van der Waals surface area contributed by atoms with Gasteiger partial charge in [-0.05, 0) is 0 Å². The maximum Gasteiger partial charge on any atom is 0.327 e. The lowest BCUT2D eigenvalue weighted by Gasteiger charge is -1.92. The third kappa shape index (κ3) is 17.6. The van der Waals surface area contributed by atoms with Crippen molar-refractivity contribution < 1.29 is 28.2 Å². The number of halogens is 3. The molecule has 0 fully saturated rings. The topological polar surface area (TPSA) is 57.5 Å². The predicted octanol–water partition coefficient (Wildman–Crippen LogP) is 0.796. The fourth-order valence-electron chi connectivity index (χ4n) is 0. The second kappa shape index (κ2) is 7.07. The van der Waals surface area contributed by atoms with E-state index >= 15 is 0 Å². The minimum absolute atomic E-state index is 0.833. The normalized spacial score (nSPS) is 11.4. The molecular weight excluding hydrogens is 165 g/mol. The number of rotatable bonds is 2. The average Bonchev–Trinajstić information content (AvgIpc) is 1.89. The SMILES string of the molecule is C=CC(=O)O.OC(F)C(F)F. The molecule has 2 N–H and O–H groups in total. The van der Waals surface area contributed by atoms with E-state index in [1.807, 2.05) is 0 Å². The van der Waals surface area contributed by atoms with Crippen LogP contribution in [0, 0.1) is 0 Å². The minimum Gasteiger partial charge on any atom is -0.478 e. The monoisotopic (exact) mass is 172 g/mol. The van der Waals surface area contributed by atoms with Crippen LogP contribution in [0.2, 0.25) is 0 Å². The van der Waals surface area contributed by atoms with Crippen LogP contribution in [0.5, 0.6) is 0 Å². The van der Waals surface area contributed by atoms with Crippen LogP contribution < -0.4 is 0 Å². The van der Waals surface area contributed by atoms with E-state index in [1.54, 1.807) is 0 Å². The van der Waals surface area contributed by atoms with Crippen LogP contribution in [0.3, 0.4) is 0 Å². The van der Waals surface area contributed by atoms with Gasteiger partial charge in [-0.2, -0.15) is 0 Å². The van der Waals surface area contributed by atoms with Crippen molar-refractivity contribution in [1.29, 1.82) is 0 Å². The first-order valence-corrected chi connectivity index (χ1v) is 2.37. The summed E-state index contributed by atoms with van der Waals surface area (Å²) in [6.07, 6.45) is -5.41. The highest BCUT2D eigenvalue weighted by molar-refractivity contribution is 5.78. The summed E-state index contributed by atoms with van der Waals surface area (Å²) in [6, 6.07) is 0. The molecule has 0 radical (unpaired) electrons. The molecule has 0 bridgehead atoms. The number of aliphatic hydroxyl groups is 1. The van der Waals surface area contributed by atoms with Crippen LogP contribution in [-0.4, -0.2) is 29.0 Å². The molecule has 11 heavy (non-hydrogen) atoms. The van der Waals surface area contributed by atoms with Gasteiger partial charge in [-0.15, -0.1) is 0 Å². The Kier molecular flexibility index (Phi) is 8.11. The maximum atomic E-state index is 10.6. The van der Waals surface area contributed by atoms with Gasteiger partial charge in [0.1, 0.15) is 0 Å². The zero-order chi connectivity index (χ0) is 9.44. The average molecular weight is 172 g/mol. The van der Waals surface area contributed by atoms with Gasteiger partial charge >= 0.3 is 5.97 Å². The van der Waals surface area contributed by atoms with Crippen molar-refractivity contribution in [2.75, 3.05) is 0 Å². The number of aliphatic carboxylic acids is 1. The van der Waals surface area contributed by atoms with Gasteiger partial charge in [-0.25, -0.2) is 18.0 Å². The van der Waals surface area contributed by atoms with Crippen LogP contribution in [0.1, 0.15) is 0 Å². The number of carboxylic acid groups (broad SMARTS) is 1. The van der Waals surface area contributed by atoms with Crippen molar-refractivity contribution in [3.63, 3.8) is 0 Å². The lowest BCUT2D eigenvalue weighted by Crippen LogP contribution is -2.08. The summed E-state index contributed by atoms with van der Waals surface area (Å²) in [4.78, 5) is 9.25. The van der Waals surface area contributed by atoms with Gasteiger partial charge in [0.25, 0.3) is 12.8 Å². The number of aliphatic hydroxyl groups excluding tert-OH is 1. The predicted molar refractivity (Wildman–Crippen MR) is 31.0 cm³/mol. The van der Waals surface area contributed by atoms with Crippen LogP contribution in [0.25, 0.3) is 0 Å². The first kappa shape index (κ1) is 12.6. The number of carboxylic acids is 1. The summed E-state index contributed by atoms with van der Waals surface area (Å²) in [5.41, 5.74) is 0. The van der Waals surface area contributed by atoms with Crippen LogP contribution in [-0.2, 0) is 4.79 Å². The Balaban J connectivity index is 0. The molecule has 0 aromatic rings. The largest absolute Gasteiger partial charge is 0.478 e. The van der Waals surface area contributed by atoms with Gasteiger partial charge < -0.3 is 10.2 Å². The highest BCUT2D eigenvalue weighted by Crippen LogP contribution is 1.98. The minimum atomic E-state index is -3.26. The van der Waals surface area contributed by atoms with Crippen molar-refractivity contribution in [1.82, 2.24) is 0 Å². The Morgan fingerprint density at radius 2 is 1.64 bits per heavy atom. The zero-order valence-corrected chi connectivity index (χ0v) is 5.38. The second-order valence-corrected chi connectivity index (χ2v) is 1.25. The number of hydrogen-bond donors (Lipinski definition) is 2. The van der Waals surface area contributed by atoms with Gasteiger partial charge in [0, 0.05) is 6.08 Å². The van der Waals surface area contributed by atoms with E-state index in [2.05, 4.69) is 6.58 Å². The highest BCUT2D eigenvalue weighted by Gasteiger charge is 2.12. The third-order valence-corrected chi connectivity index (χ3v) is 0.383. The van der Waals surface area contributed by atoms with E-state index in [9.17, 15) is 18.0 Å². The van der Waals surface area contributed by atoms with Crippen molar-refractivity contribution in [3.8, 4) is 0 Å². The van der Waals surface area contributed by atoms with Gasteiger partial charge in [0.2, 0.25) is 0 Å². The van der Waals surface area contributed by atoms with E-state index in [0.29, 0.717) is 0 Å². The molecule has 0 aliphatic heterocycles. The second-order valence-electron chi connectivity index (χ2n) is 1.25. The third-order valence-electron chi connectivity index (χ3n) is 0.383. The lowest BCUT2D eigenvalue weighted by atomic mass is 10.7. The summed E-state index contributed by atoms with van der Waals surface area (Å²) >= 11 is 0. The highest BCUT2D eigenvalue weighted by atomic mass is 19.3. The molecule has 0 aliphatic carbocycles. The van der Waals surface area contributed by atoms with Crippen LogP contribution in [0.4, 0.5) is 13.2 Å². The summed E-state index contributed by atoms with van der Waals surface area (Å²) in [7, 11) is 0. The van der Waals surface area contributed by atoms with Gasteiger partial charge in [-0.3, -0.25) is 0 Å². The molecule has 1 unspecified atom stereocenters. The molecule has 0 amide bonds. The van der Waals surface area contributed by atoms with Crippen molar-refractivity contribution >= 4 is 5.97 Å². The van der Waals surface area contributed by atoms with Crippen molar-refractivity contribution in [2.45, 2.75) is 12.8 Å². The molecule has 0 aromatic heterocycles. The number of alkyl halides is 3. The standard InChI is InChI=1S/C3H4O2.C2H3F3O/c1-2-3(4)5;3-1(4)2(5)6/h2H,1H2,(H,4,5);1-2,6H. The summed E-state index contributed by atoms with van der Waals surface area (Å²) in [5, 5.41) is 14.8. The van der Waals surface area contributed by atoms with Crippen LogP contribution >= 0.6 is 0 Å². The molecule has 0 aromatic carbocycles. The molecular formula is C5H7F3O3. The molecule has 66 valence electrons. The lowest BCUT2D eigenvalue weighted by molar-refractivity contribution is -0.131. The first-order chi connectivity index (χ1) is 4.91. The molecule has 1 atom stereocenters. The Morgan fingerprint density at radius 1 is 1.45 bits per heavy atom. The van der Waals surface area contributed by atoms with Gasteiger partial charge in [-0.1, -0.05) is 6.58 Å². The van der Waals surface area contributed by atoms with Crippen molar-refractivity contribution in [3.05, 3.63) is 12.7 Å². The molecule has 0 aliphatic rings. The summed E-state index contributed by atoms with van der Waals surface area (Å²) in [6.45, 7) is 2.96. The van der Waals surface area contributed by atoms with Gasteiger partial charge in [0.05, 0.1) is 0 Å². The molecule has 3 nitrogen and oxygen atoms in total. The number of hydrogen-bond acceptors (Lipinski definition) is 2. The Morgan fingerprint density at radius 3 is 1.64 bits per heavy atom. The van der Waals surface area contributed by atoms with E-state index in [-0.39, 0.29) is 0 Å². The Bertz CT molecular complexity index is 118. The summed E-state index contributed by atoms with van der Waals surface area (Å²) < 4.78 is 31.7. The smallest absolute Gasteiger partial charge is 0.327 e. The van der Waals surface area contributed by atoms with Crippen LogP contribution in [0.15, 0.2) is 12.7 Å². The molecule has 0 saturated heterocycles. The summed E-state index contributed by atoms with van der Waals surface area (Å²) in [5.74, 6) is -0.981. The molecule has 0 spiro atoms. The first-order valence-electron chi connectivity index (χ1n) is 2.37. The quantitative estimate of drug-likeness (QED) is 0.605. The van der Waals surface area contributed by atoms with Gasteiger partial charge in [0.15, 0.2) is 0 Å². The molecule has 0 heterocycles. The fourth-order valence-corrected chi connectivity index (χ4v) is 0.